The Balaban J connectivity index is 1.62. The summed E-state index contributed by atoms with van der Waals surface area (Å²) >= 11 is 0. The molecule has 1 amide bonds. The number of anilines is 1. The molecule has 22 heavy (non-hydrogen) atoms. The van der Waals surface area contributed by atoms with Gasteiger partial charge in [-0.05, 0) is 31.4 Å². The Morgan fingerprint density at radius 2 is 2.23 bits per heavy atom. The van der Waals surface area contributed by atoms with Gasteiger partial charge in [-0.15, -0.1) is 0 Å². The van der Waals surface area contributed by atoms with Crippen LogP contribution in [0.2, 0.25) is 0 Å². The molecule has 1 N–H and O–H groups in total. The fourth-order valence-electron chi connectivity index (χ4n) is 3.15. The SMILES string of the molecule is CS(=O)(=O)N1CC[C@H]2O[C@H](C(=O)Nc3cccnc3)CC[C@H]21. The number of carbonyl (C=O) groups excluding carboxylic acids is 1. The summed E-state index contributed by atoms with van der Waals surface area (Å²) in [4.78, 5) is 16.2. The highest BCUT2D eigenvalue weighted by atomic mass is 32.2. The second-order valence-electron chi connectivity index (χ2n) is 5.70. The van der Waals surface area contributed by atoms with Crippen LogP contribution in [0.3, 0.4) is 0 Å². The average Bonchev–Trinajstić information content (AvgIpc) is 2.91. The Bertz CT molecular complexity index is 649. The van der Waals surface area contributed by atoms with Crippen molar-refractivity contribution in [2.24, 2.45) is 0 Å². The molecule has 0 spiro atoms. The van der Waals surface area contributed by atoms with E-state index >= 15 is 0 Å². The minimum atomic E-state index is -3.21. The fourth-order valence-corrected chi connectivity index (χ4v) is 4.32. The summed E-state index contributed by atoms with van der Waals surface area (Å²) in [5, 5.41) is 2.77. The summed E-state index contributed by atoms with van der Waals surface area (Å²) in [5.41, 5.74) is 0.627. The second kappa shape index (κ2) is 5.94. The van der Waals surface area contributed by atoms with E-state index in [1.165, 1.54) is 10.6 Å². The van der Waals surface area contributed by atoms with Gasteiger partial charge in [0.25, 0.3) is 5.91 Å². The van der Waals surface area contributed by atoms with Crippen molar-refractivity contribution in [2.45, 2.75) is 37.5 Å². The van der Waals surface area contributed by atoms with Crippen molar-refractivity contribution in [1.29, 1.82) is 0 Å². The predicted octanol–water partition coefficient (Wildman–Crippen LogP) is 0.602. The van der Waals surface area contributed by atoms with E-state index in [1.54, 1.807) is 24.5 Å². The largest absolute Gasteiger partial charge is 0.363 e. The molecule has 3 atom stereocenters. The molecule has 0 radical (unpaired) electrons. The first kappa shape index (κ1) is 15.4. The summed E-state index contributed by atoms with van der Waals surface area (Å²) < 4.78 is 30.8. The number of sulfonamides is 1. The summed E-state index contributed by atoms with van der Waals surface area (Å²) in [6.45, 7) is 0.463. The van der Waals surface area contributed by atoms with E-state index in [-0.39, 0.29) is 18.1 Å². The van der Waals surface area contributed by atoms with Crippen molar-refractivity contribution in [2.75, 3.05) is 18.1 Å². The predicted molar refractivity (Wildman–Crippen MR) is 80.7 cm³/mol. The van der Waals surface area contributed by atoms with Crippen LogP contribution >= 0.6 is 0 Å². The molecule has 7 nitrogen and oxygen atoms in total. The van der Waals surface area contributed by atoms with Crippen molar-refractivity contribution >= 4 is 21.6 Å². The van der Waals surface area contributed by atoms with Gasteiger partial charge in [0.05, 0.1) is 30.3 Å². The highest BCUT2D eigenvalue weighted by Gasteiger charge is 2.44. The van der Waals surface area contributed by atoms with Gasteiger partial charge in [0, 0.05) is 12.7 Å². The number of nitrogens with one attached hydrogen (secondary N) is 1. The Morgan fingerprint density at radius 3 is 2.91 bits per heavy atom. The normalized spacial score (nSPS) is 29.0. The van der Waals surface area contributed by atoms with Crippen molar-refractivity contribution in [1.82, 2.24) is 9.29 Å². The smallest absolute Gasteiger partial charge is 0.253 e. The van der Waals surface area contributed by atoms with Crippen LogP contribution in [-0.2, 0) is 19.6 Å². The van der Waals surface area contributed by atoms with E-state index in [9.17, 15) is 13.2 Å². The number of fused-ring (bicyclic) bond motifs is 1. The molecule has 2 fully saturated rings. The van der Waals surface area contributed by atoms with Crippen molar-refractivity contribution in [3.05, 3.63) is 24.5 Å². The maximum absolute atomic E-state index is 12.2. The summed E-state index contributed by atoms with van der Waals surface area (Å²) in [6, 6.07) is 3.36. The molecule has 2 saturated heterocycles. The van der Waals surface area contributed by atoms with Gasteiger partial charge in [0.1, 0.15) is 6.10 Å². The van der Waals surface area contributed by atoms with Crippen molar-refractivity contribution in [3.63, 3.8) is 0 Å². The molecular formula is C14H19N3O4S. The molecule has 0 aliphatic carbocycles. The lowest BCUT2D eigenvalue weighted by Gasteiger charge is -2.34. The number of aromatic nitrogens is 1. The molecular weight excluding hydrogens is 306 g/mol. The number of ether oxygens (including phenoxy) is 1. The van der Waals surface area contributed by atoms with Crippen LogP contribution in [0.4, 0.5) is 5.69 Å². The highest BCUT2D eigenvalue weighted by Crippen LogP contribution is 2.33. The van der Waals surface area contributed by atoms with Gasteiger partial charge in [-0.1, -0.05) is 0 Å². The molecule has 120 valence electrons. The standard InChI is InChI=1S/C14H19N3O4S/c1-22(19,20)17-8-6-12-11(17)4-5-13(21-12)14(18)16-10-3-2-7-15-9-10/h2-3,7,9,11-13H,4-6,8H2,1H3,(H,16,18)/t11-,12-,13+/m1/s1. The quantitative estimate of drug-likeness (QED) is 0.879. The lowest BCUT2D eigenvalue weighted by Crippen LogP contribution is -2.47. The number of carbonyl (C=O) groups is 1. The van der Waals surface area contributed by atoms with Gasteiger partial charge < -0.3 is 10.1 Å². The third kappa shape index (κ3) is 3.13. The first-order valence-electron chi connectivity index (χ1n) is 7.28. The topological polar surface area (TPSA) is 88.6 Å². The van der Waals surface area contributed by atoms with E-state index in [1.807, 2.05) is 0 Å². The van der Waals surface area contributed by atoms with Crippen LogP contribution < -0.4 is 5.32 Å². The lowest BCUT2D eigenvalue weighted by molar-refractivity contribution is -0.137. The first-order chi connectivity index (χ1) is 10.4. The van der Waals surface area contributed by atoms with E-state index < -0.39 is 16.1 Å². The number of pyridine rings is 1. The summed E-state index contributed by atoms with van der Waals surface area (Å²) in [7, 11) is -3.21. The monoisotopic (exact) mass is 325 g/mol. The molecule has 8 heteroatoms. The molecule has 0 unspecified atom stereocenters. The molecule has 0 bridgehead atoms. The number of rotatable bonds is 3. The van der Waals surface area contributed by atoms with Gasteiger partial charge in [-0.3, -0.25) is 9.78 Å². The van der Waals surface area contributed by atoms with Crippen molar-refractivity contribution in [3.8, 4) is 0 Å². The van der Waals surface area contributed by atoms with Gasteiger partial charge in [0.15, 0.2) is 0 Å². The van der Waals surface area contributed by atoms with Crippen LogP contribution in [0.5, 0.6) is 0 Å². The van der Waals surface area contributed by atoms with Crippen molar-refractivity contribution < 1.29 is 17.9 Å². The minimum absolute atomic E-state index is 0.141. The maximum Gasteiger partial charge on any atom is 0.253 e. The first-order valence-corrected chi connectivity index (χ1v) is 9.13. The number of hydrogen-bond acceptors (Lipinski definition) is 5. The Hall–Kier alpha value is -1.51. The summed E-state index contributed by atoms with van der Waals surface area (Å²) in [6.07, 6.45) is 5.47. The van der Waals surface area contributed by atoms with Gasteiger partial charge >= 0.3 is 0 Å². The second-order valence-corrected chi connectivity index (χ2v) is 7.64. The van der Waals surface area contributed by atoms with Crippen LogP contribution in [0.15, 0.2) is 24.5 Å². The molecule has 3 rings (SSSR count). The molecule has 3 heterocycles. The zero-order chi connectivity index (χ0) is 15.7. The van der Waals surface area contributed by atoms with Gasteiger partial charge in [-0.25, -0.2) is 8.42 Å². The van der Waals surface area contributed by atoms with Gasteiger partial charge in [0.2, 0.25) is 10.0 Å². The summed E-state index contributed by atoms with van der Waals surface area (Å²) in [5.74, 6) is -0.204. The average molecular weight is 325 g/mol. The Kier molecular flexibility index (Phi) is 4.16. The zero-order valence-corrected chi connectivity index (χ0v) is 13.1. The van der Waals surface area contributed by atoms with Crippen LogP contribution in [0.1, 0.15) is 19.3 Å². The van der Waals surface area contributed by atoms with E-state index in [0.717, 1.165) is 0 Å². The third-order valence-electron chi connectivity index (χ3n) is 4.14. The number of amides is 1. The molecule has 2 aliphatic rings. The Labute approximate surface area is 129 Å². The minimum Gasteiger partial charge on any atom is -0.363 e. The lowest BCUT2D eigenvalue weighted by atomic mass is 9.99. The number of hydrogen-bond donors (Lipinski definition) is 1. The highest BCUT2D eigenvalue weighted by molar-refractivity contribution is 7.88. The van der Waals surface area contributed by atoms with Crippen LogP contribution in [-0.4, -0.2) is 54.7 Å². The zero-order valence-electron chi connectivity index (χ0n) is 12.3. The molecule has 0 aromatic carbocycles. The molecule has 1 aromatic rings. The Morgan fingerprint density at radius 1 is 1.41 bits per heavy atom. The number of nitrogens with zero attached hydrogens (tertiary/aromatic N) is 2. The van der Waals surface area contributed by atoms with Crippen LogP contribution in [0.25, 0.3) is 0 Å². The van der Waals surface area contributed by atoms with E-state index in [4.69, 9.17) is 4.74 Å². The van der Waals surface area contributed by atoms with E-state index in [0.29, 0.717) is 31.5 Å². The molecule has 1 aromatic heterocycles. The van der Waals surface area contributed by atoms with Gasteiger partial charge in [-0.2, -0.15) is 4.31 Å². The fraction of sp³-hybridized carbons (Fsp3) is 0.571. The van der Waals surface area contributed by atoms with Crippen LogP contribution in [0, 0.1) is 0 Å². The maximum atomic E-state index is 12.2. The molecule has 0 saturated carbocycles. The van der Waals surface area contributed by atoms with E-state index in [2.05, 4.69) is 10.3 Å². The third-order valence-corrected chi connectivity index (χ3v) is 5.45. The molecule has 2 aliphatic heterocycles.